The van der Waals surface area contributed by atoms with Crippen molar-refractivity contribution in [3.63, 3.8) is 0 Å². The van der Waals surface area contributed by atoms with Crippen LogP contribution in [0.2, 0.25) is 0 Å². The molecule has 3 heteroatoms. The molecule has 0 aliphatic carbocycles. The van der Waals surface area contributed by atoms with Crippen LogP contribution in [0, 0.1) is 6.92 Å². The number of methoxy groups -OCH3 is 2. The molecular weight excluding hydrogens is 286 g/mol. The number of rotatable bonds is 8. The molecule has 0 saturated heterocycles. The van der Waals surface area contributed by atoms with E-state index in [0.29, 0.717) is 0 Å². The SMILES string of the molecule is C=CCc1cc(CNCc2cccc(C)c2)cc(OC)c1OC. The Labute approximate surface area is 138 Å². The number of benzene rings is 2. The van der Waals surface area contributed by atoms with Crippen LogP contribution in [0.1, 0.15) is 22.3 Å². The normalized spacial score (nSPS) is 10.4. The lowest BCUT2D eigenvalue weighted by Crippen LogP contribution is -2.13. The van der Waals surface area contributed by atoms with E-state index in [-0.39, 0.29) is 0 Å². The van der Waals surface area contributed by atoms with Crippen molar-refractivity contribution in [3.05, 3.63) is 71.3 Å². The molecule has 1 N–H and O–H groups in total. The number of hydrogen-bond donors (Lipinski definition) is 1. The fourth-order valence-corrected chi connectivity index (χ4v) is 2.69. The highest BCUT2D eigenvalue weighted by Gasteiger charge is 2.11. The van der Waals surface area contributed by atoms with Gasteiger partial charge in [0.05, 0.1) is 14.2 Å². The molecule has 0 aliphatic rings. The smallest absolute Gasteiger partial charge is 0.164 e. The van der Waals surface area contributed by atoms with Crippen LogP contribution >= 0.6 is 0 Å². The summed E-state index contributed by atoms with van der Waals surface area (Å²) in [7, 11) is 3.33. The van der Waals surface area contributed by atoms with E-state index in [1.54, 1.807) is 14.2 Å². The van der Waals surface area contributed by atoms with Gasteiger partial charge in [0.2, 0.25) is 0 Å². The first-order valence-corrected chi connectivity index (χ1v) is 7.79. The first kappa shape index (κ1) is 17.1. The van der Waals surface area contributed by atoms with Gasteiger partial charge in [-0.25, -0.2) is 0 Å². The van der Waals surface area contributed by atoms with Crippen LogP contribution in [0.25, 0.3) is 0 Å². The van der Waals surface area contributed by atoms with E-state index in [9.17, 15) is 0 Å². The van der Waals surface area contributed by atoms with Crippen LogP contribution in [-0.4, -0.2) is 14.2 Å². The maximum Gasteiger partial charge on any atom is 0.164 e. The van der Waals surface area contributed by atoms with Crippen molar-refractivity contribution in [3.8, 4) is 11.5 Å². The third kappa shape index (κ3) is 4.60. The Bertz CT molecular complexity index is 665. The summed E-state index contributed by atoms with van der Waals surface area (Å²) >= 11 is 0. The summed E-state index contributed by atoms with van der Waals surface area (Å²) in [5.74, 6) is 1.55. The highest BCUT2D eigenvalue weighted by atomic mass is 16.5. The van der Waals surface area contributed by atoms with E-state index >= 15 is 0 Å². The molecule has 0 aliphatic heterocycles. The average molecular weight is 311 g/mol. The van der Waals surface area contributed by atoms with Gasteiger partial charge in [-0.2, -0.15) is 0 Å². The molecule has 0 aromatic heterocycles. The van der Waals surface area contributed by atoms with Crippen molar-refractivity contribution in [2.24, 2.45) is 0 Å². The second kappa shape index (κ2) is 8.39. The van der Waals surface area contributed by atoms with E-state index in [0.717, 1.165) is 36.6 Å². The van der Waals surface area contributed by atoms with Crippen LogP contribution in [-0.2, 0) is 19.5 Å². The first-order valence-electron chi connectivity index (χ1n) is 7.79. The third-order valence-corrected chi connectivity index (χ3v) is 3.72. The number of nitrogens with one attached hydrogen (secondary N) is 1. The summed E-state index contributed by atoms with van der Waals surface area (Å²) in [4.78, 5) is 0. The molecule has 3 nitrogen and oxygen atoms in total. The van der Waals surface area contributed by atoms with Gasteiger partial charge in [-0.3, -0.25) is 0 Å². The lowest BCUT2D eigenvalue weighted by atomic mass is 10.1. The topological polar surface area (TPSA) is 30.5 Å². The molecule has 23 heavy (non-hydrogen) atoms. The number of hydrogen-bond acceptors (Lipinski definition) is 3. The Kier molecular flexibility index (Phi) is 6.24. The third-order valence-electron chi connectivity index (χ3n) is 3.72. The van der Waals surface area contributed by atoms with E-state index in [1.807, 2.05) is 12.1 Å². The molecule has 0 unspecified atom stereocenters. The summed E-state index contributed by atoms with van der Waals surface area (Å²) in [6.45, 7) is 7.54. The summed E-state index contributed by atoms with van der Waals surface area (Å²) in [5.41, 5.74) is 4.84. The van der Waals surface area contributed by atoms with Crippen molar-refractivity contribution in [1.29, 1.82) is 0 Å². The van der Waals surface area contributed by atoms with E-state index in [2.05, 4.69) is 49.2 Å². The minimum absolute atomic E-state index is 0.755. The van der Waals surface area contributed by atoms with E-state index in [1.165, 1.54) is 16.7 Å². The zero-order valence-corrected chi connectivity index (χ0v) is 14.2. The van der Waals surface area contributed by atoms with Crippen LogP contribution < -0.4 is 14.8 Å². The number of allylic oxidation sites excluding steroid dienone is 1. The largest absolute Gasteiger partial charge is 0.493 e. The van der Waals surface area contributed by atoms with Crippen molar-refractivity contribution in [1.82, 2.24) is 5.32 Å². The highest BCUT2D eigenvalue weighted by Crippen LogP contribution is 2.33. The van der Waals surface area contributed by atoms with Gasteiger partial charge in [0, 0.05) is 18.7 Å². The lowest BCUT2D eigenvalue weighted by molar-refractivity contribution is 0.351. The minimum Gasteiger partial charge on any atom is -0.493 e. The Balaban J connectivity index is 2.10. The van der Waals surface area contributed by atoms with Crippen LogP contribution in [0.15, 0.2) is 49.1 Å². The Morgan fingerprint density at radius 2 is 1.83 bits per heavy atom. The maximum absolute atomic E-state index is 5.47. The molecule has 0 radical (unpaired) electrons. The maximum atomic E-state index is 5.47. The number of ether oxygens (including phenoxy) is 2. The molecule has 2 rings (SSSR count). The molecule has 122 valence electrons. The summed E-state index contributed by atoms with van der Waals surface area (Å²) in [6, 6.07) is 12.7. The van der Waals surface area contributed by atoms with Gasteiger partial charge >= 0.3 is 0 Å². The Morgan fingerprint density at radius 1 is 1.04 bits per heavy atom. The summed E-state index contributed by atoms with van der Waals surface area (Å²) in [6.07, 6.45) is 2.63. The lowest BCUT2D eigenvalue weighted by Gasteiger charge is -2.15. The fraction of sp³-hybridized carbons (Fsp3) is 0.300. The van der Waals surface area contributed by atoms with Crippen molar-refractivity contribution >= 4 is 0 Å². The molecule has 0 atom stereocenters. The van der Waals surface area contributed by atoms with Crippen LogP contribution in [0.3, 0.4) is 0 Å². The summed E-state index contributed by atoms with van der Waals surface area (Å²) < 4.78 is 10.9. The zero-order valence-electron chi connectivity index (χ0n) is 14.2. The predicted octanol–water partition coefficient (Wildman–Crippen LogP) is 4.03. The van der Waals surface area contributed by atoms with Crippen LogP contribution in [0.4, 0.5) is 0 Å². The van der Waals surface area contributed by atoms with Gasteiger partial charge in [-0.1, -0.05) is 42.0 Å². The molecule has 2 aromatic rings. The average Bonchev–Trinajstić information content (AvgIpc) is 2.55. The van der Waals surface area contributed by atoms with Gasteiger partial charge in [-0.05, 0) is 30.5 Å². The van der Waals surface area contributed by atoms with Gasteiger partial charge in [-0.15, -0.1) is 6.58 Å². The van der Waals surface area contributed by atoms with E-state index in [4.69, 9.17) is 9.47 Å². The van der Waals surface area contributed by atoms with Gasteiger partial charge < -0.3 is 14.8 Å². The van der Waals surface area contributed by atoms with Gasteiger partial charge in [0.25, 0.3) is 0 Å². The first-order chi connectivity index (χ1) is 11.2. The Morgan fingerprint density at radius 3 is 2.48 bits per heavy atom. The van der Waals surface area contributed by atoms with Crippen molar-refractivity contribution in [2.45, 2.75) is 26.4 Å². The Hall–Kier alpha value is -2.26. The monoisotopic (exact) mass is 311 g/mol. The number of aryl methyl sites for hydroxylation is 1. The van der Waals surface area contributed by atoms with Crippen molar-refractivity contribution in [2.75, 3.05) is 14.2 Å². The quantitative estimate of drug-likeness (QED) is 0.747. The second-order valence-corrected chi connectivity index (χ2v) is 5.58. The highest BCUT2D eigenvalue weighted by molar-refractivity contribution is 5.50. The summed E-state index contributed by atoms with van der Waals surface area (Å²) in [5, 5.41) is 3.48. The molecule has 0 fully saturated rings. The molecular formula is C20H25NO2. The van der Waals surface area contributed by atoms with Crippen molar-refractivity contribution < 1.29 is 9.47 Å². The molecule has 0 spiro atoms. The minimum atomic E-state index is 0.755. The van der Waals surface area contributed by atoms with Crippen LogP contribution in [0.5, 0.6) is 11.5 Å². The molecule has 0 heterocycles. The zero-order chi connectivity index (χ0) is 16.7. The molecule has 0 amide bonds. The predicted molar refractivity (Wildman–Crippen MR) is 95.2 cm³/mol. The second-order valence-electron chi connectivity index (χ2n) is 5.58. The standard InChI is InChI=1S/C20H25NO2/c1-5-7-18-11-17(12-19(22-3)20(18)23-4)14-21-13-16-9-6-8-15(2)10-16/h5-6,8-12,21H,1,7,13-14H2,2-4H3. The van der Waals surface area contributed by atoms with Gasteiger partial charge in [0.15, 0.2) is 11.5 Å². The molecule has 2 aromatic carbocycles. The molecule has 0 saturated carbocycles. The fourth-order valence-electron chi connectivity index (χ4n) is 2.69. The van der Waals surface area contributed by atoms with Gasteiger partial charge in [0.1, 0.15) is 0 Å². The molecule has 0 bridgehead atoms. The van der Waals surface area contributed by atoms with E-state index < -0.39 is 0 Å².